The zero-order valence-electron chi connectivity index (χ0n) is 8.80. The molecule has 0 bridgehead atoms. The van der Waals surface area contributed by atoms with E-state index >= 15 is 0 Å². The Bertz CT molecular complexity index is 404. The van der Waals surface area contributed by atoms with Crippen LogP contribution >= 0.6 is 0 Å². The van der Waals surface area contributed by atoms with E-state index in [4.69, 9.17) is 5.21 Å². The molecule has 1 N–H and O–H groups in total. The monoisotopic (exact) mass is 221 g/mol. The summed E-state index contributed by atoms with van der Waals surface area (Å²) >= 11 is 0. The third-order valence-electron chi connectivity index (χ3n) is 2.76. The van der Waals surface area contributed by atoms with Crippen LogP contribution in [0.15, 0.2) is 24.3 Å². The van der Waals surface area contributed by atoms with E-state index in [1.165, 1.54) is 0 Å². The van der Waals surface area contributed by atoms with Gasteiger partial charge in [0.05, 0.1) is 4.91 Å². The van der Waals surface area contributed by atoms with Crippen molar-refractivity contribution in [3.8, 4) is 0 Å². The lowest BCUT2D eigenvalue weighted by atomic mass is 10.1. The Hall–Kier alpha value is -1.91. The number of nitrogens with zero attached hydrogens (tertiary/aromatic N) is 2. The van der Waals surface area contributed by atoms with Crippen LogP contribution in [0, 0.1) is 4.91 Å². The molecule has 16 heavy (non-hydrogen) atoms. The fourth-order valence-electron chi connectivity index (χ4n) is 1.81. The first kappa shape index (κ1) is 10.6. The highest BCUT2D eigenvalue weighted by atomic mass is 16.6. The summed E-state index contributed by atoms with van der Waals surface area (Å²) in [5, 5.41) is 8.68. The van der Waals surface area contributed by atoms with Crippen LogP contribution < -0.4 is 4.90 Å². The third-order valence-corrected chi connectivity index (χ3v) is 2.76. The van der Waals surface area contributed by atoms with Crippen molar-refractivity contribution in [3.05, 3.63) is 29.2 Å². The van der Waals surface area contributed by atoms with E-state index in [2.05, 4.69) is 4.90 Å². The number of anilines is 1. The lowest BCUT2D eigenvalue weighted by Gasteiger charge is -2.27. The van der Waals surface area contributed by atoms with Gasteiger partial charge in [0.25, 0.3) is 4.92 Å². The van der Waals surface area contributed by atoms with E-state index in [0.717, 1.165) is 18.8 Å². The normalized spacial score (nSPS) is 16.2. The van der Waals surface area contributed by atoms with E-state index in [1.807, 2.05) is 0 Å². The van der Waals surface area contributed by atoms with Crippen molar-refractivity contribution in [2.45, 2.75) is 12.8 Å². The summed E-state index contributed by atoms with van der Waals surface area (Å²) in [6.45, 7) is 1.44. The molecule has 0 saturated carbocycles. The highest BCUT2D eigenvalue weighted by molar-refractivity contribution is 5.81. The molecule has 0 amide bonds. The molecule has 5 heteroatoms. The van der Waals surface area contributed by atoms with E-state index < -0.39 is 0 Å². The van der Waals surface area contributed by atoms with Crippen molar-refractivity contribution < 1.29 is 14.9 Å². The lowest BCUT2D eigenvalue weighted by Crippen LogP contribution is -2.33. The van der Waals surface area contributed by atoms with Gasteiger partial charge in [0.2, 0.25) is 0 Å². The summed E-state index contributed by atoms with van der Waals surface area (Å²) in [5.74, 6) is 0.300. The molecule has 1 heterocycles. The van der Waals surface area contributed by atoms with E-state index in [9.17, 15) is 9.70 Å². The van der Waals surface area contributed by atoms with Crippen molar-refractivity contribution in [2.75, 3.05) is 18.0 Å². The fourth-order valence-corrected chi connectivity index (χ4v) is 1.81. The number of rotatable bonds is 2. The fraction of sp³-hybridized carbons (Fsp3) is 0.364. The van der Waals surface area contributed by atoms with Gasteiger partial charge in [-0.3, -0.25) is 4.79 Å². The second-order valence-corrected chi connectivity index (χ2v) is 3.82. The second-order valence-electron chi connectivity index (χ2n) is 3.82. The van der Waals surface area contributed by atoms with Crippen LogP contribution in [0.1, 0.15) is 12.8 Å². The highest BCUT2D eigenvalue weighted by Crippen LogP contribution is 2.21. The molecule has 1 aromatic carbocycles. The predicted molar refractivity (Wildman–Crippen MR) is 58.0 cm³/mol. The first-order valence-electron chi connectivity index (χ1n) is 5.19. The van der Waals surface area contributed by atoms with E-state index in [-0.39, 0.29) is 10.6 Å². The van der Waals surface area contributed by atoms with Gasteiger partial charge in [-0.05, 0) is 12.1 Å². The van der Waals surface area contributed by atoms with Crippen LogP contribution in [-0.4, -0.2) is 29.0 Å². The molecule has 1 aromatic rings. The van der Waals surface area contributed by atoms with Crippen molar-refractivity contribution in [1.29, 1.82) is 0 Å². The van der Waals surface area contributed by atoms with Crippen molar-refractivity contribution in [1.82, 2.24) is 0 Å². The zero-order valence-corrected chi connectivity index (χ0v) is 8.80. The van der Waals surface area contributed by atoms with Gasteiger partial charge < -0.3 is 4.90 Å². The molecule has 0 aromatic heterocycles. The van der Waals surface area contributed by atoms with Crippen molar-refractivity contribution in [2.24, 2.45) is 0 Å². The van der Waals surface area contributed by atoms with Gasteiger partial charge in [-0.1, -0.05) is 0 Å². The standard InChI is InChI=1S/C11H13N2O3/c14-11-5-7-12(8-6-11)9-1-3-10(4-2-9)13(15)16/h1-4H,5-8H2,(H,15,16)/q+1. The Morgan fingerprint density at radius 3 is 2.19 bits per heavy atom. The van der Waals surface area contributed by atoms with Crippen LogP contribution in [0.2, 0.25) is 0 Å². The van der Waals surface area contributed by atoms with Crippen molar-refractivity contribution >= 4 is 17.2 Å². The van der Waals surface area contributed by atoms with Gasteiger partial charge in [-0.15, -0.1) is 0 Å². The summed E-state index contributed by atoms with van der Waals surface area (Å²) in [4.78, 5) is 23.6. The maximum absolute atomic E-state index is 11.1. The van der Waals surface area contributed by atoms with Crippen LogP contribution in [0.3, 0.4) is 0 Å². The summed E-state index contributed by atoms with van der Waals surface area (Å²) in [7, 11) is 0. The average molecular weight is 221 g/mol. The molecule has 5 nitrogen and oxygen atoms in total. The van der Waals surface area contributed by atoms with Gasteiger partial charge in [0, 0.05) is 43.8 Å². The van der Waals surface area contributed by atoms with Crippen LogP contribution in [0.4, 0.5) is 11.4 Å². The van der Waals surface area contributed by atoms with Crippen molar-refractivity contribution in [3.63, 3.8) is 0 Å². The number of carbonyl (C=O) groups excluding carboxylic acids is 1. The highest BCUT2D eigenvalue weighted by Gasteiger charge is 2.17. The largest absolute Gasteiger partial charge is 0.371 e. The lowest BCUT2D eigenvalue weighted by molar-refractivity contribution is -0.729. The first-order valence-corrected chi connectivity index (χ1v) is 5.19. The second kappa shape index (κ2) is 4.30. The van der Waals surface area contributed by atoms with E-state index in [0.29, 0.717) is 18.6 Å². The molecule has 1 saturated heterocycles. The Morgan fingerprint density at radius 2 is 1.69 bits per heavy atom. The number of hydrogen-bond donors (Lipinski definition) is 1. The Kier molecular flexibility index (Phi) is 2.85. The molecule has 84 valence electrons. The van der Waals surface area contributed by atoms with Gasteiger partial charge in [0.15, 0.2) is 0 Å². The van der Waals surface area contributed by atoms with Gasteiger partial charge >= 0.3 is 5.69 Å². The number of Topliss-reactive ketones (excluding diaryl/α,β-unsaturated/α-hetero) is 1. The number of benzene rings is 1. The predicted octanol–water partition coefficient (Wildman–Crippen LogP) is 1.66. The first-order chi connectivity index (χ1) is 7.66. The molecular weight excluding hydrogens is 208 g/mol. The molecule has 1 aliphatic heterocycles. The molecule has 1 fully saturated rings. The number of carbonyl (C=O) groups is 1. The molecular formula is C11H13N2O3+. The third kappa shape index (κ3) is 2.18. The summed E-state index contributed by atoms with van der Waals surface area (Å²) in [5.41, 5.74) is 1.18. The molecule has 0 aliphatic carbocycles. The number of piperidine rings is 1. The van der Waals surface area contributed by atoms with Gasteiger partial charge in [0.1, 0.15) is 5.78 Å². The van der Waals surface area contributed by atoms with Gasteiger partial charge in [-0.2, -0.15) is 0 Å². The van der Waals surface area contributed by atoms with E-state index in [1.54, 1.807) is 24.3 Å². The zero-order chi connectivity index (χ0) is 11.5. The maximum atomic E-state index is 11.1. The molecule has 1 aliphatic rings. The number of hydrogen-bond acceptors (Lipinski definition) is 3. The number of ketones is 1. The van der Waals surface area contributed by atoms with Gasteiger partial charge in [-0.25, -0.2) is 5.21 Å². The smallest absolute Gasteiger partial charge is 0.316 e. The molecule has 2 rings (SSSR count). The summed E-state index contributed by atoms with van der Waals surface area (Å²) in [6, 6.07) is 6.65. The maximum Gasteiger partial charge on any atom is 0.316 e. The molecule has 0 unspecified atom stereocenters. The Labute approximate surface area is 92.8 Å². The Balaban J connectivity index is 2.10. The SMILES string of the molecule is O=C1CCN(c2ccc([N+](=O)O)cc2)CC1. The Morgan fingerprint density at radius 1 is 1.12 bits per heavy atom. The van der Waals surface area contributed by atoms with Crippen LogP contribution in [0.5, 0.6) is 0 Å². The van der Waals surface area contributed by atoms with Crippen LogP contribution in [-0.2, 0) is 4.79 Å². The minimum Gasteiger partial charge on any atom is -0.371 e. The molecule has 0 radical (unpaired) electrons. The van der Waals surface area contributed by atoms with Crippen LogP contribution in [0.25, 0.3) is 0 Å². The summed E-state index contributed by atoms with van der Waals surface area (Å²) in [6.07, 6.45) is 1.16. The topological polar surface area (TPSA) is 60.6 Å². The molecule has 0 spiro atoms. The quantitative estimate of drug-likeness (QED) is 0.771. The summed E-state index contributed by atoms with van der Waals surface area (Å²) < 4.78 is 0. The average Bonchev–Trinajstić information content (AvgIpc) is 2.30. The minimum absolute atomic E-state index is 0.163. The molecule has 0 atom stereocenters. The minimum atomic E-state index is -0.163.